The first-order chi connectivity index (χ1) is 21.7. The Morgan fingerprint density at radius 1 is 1.00 bits per heavy atom. The third-order valence-corrected chi connectivity index (χ3v) is 21.2. The van der Waals surface area contributed by atoms with Crippen LogP contribution in [0.3, 0.4) is 0 Å². The Kier molecular flexibility index (Phi) is 14.5. The van der Waals surface area contributed by atoms with Gasteiger partial charge in [-0.05, 0) is 93.9 Å². The molecule has 6 nitrogen and oxygen atoms in total. The predicted molar refractivity (Wildman–Crippen MR) is 208 cm³/mol. The van der Waals surface area contributed by atoms with Crippen molar-refractivity contribution in [2.45, 2.75) is 177 Å². The minimum Gasteiger partial charge on any atom is -0.457 e. The summed E-state index contributed by atoms with van der Waals surface area (Å²) in [7, 11) is -4.58. The summed E-state index contributed by atoms with van der Waals surface area (Å²) >= 11 is 1.61. The number of hydrogen-bond donors (Lipinski definition) is 0. The van der Waals surface area contributed by atoms with Crippen molar-refractivity contribution < 1.29 is 23.2 Å². The second-order valence-corrected chi connectivity index (χ2v) is 28.7. The van der Waals surface area contributed by atoms with Gasteiger partial charge in [-0.1, -0.05) is 80.9 Å². The highest BCUT2D eigenvalue weighted by atomic mass is 32.1. The number of cyclic esters (lactones) is 1. The standard InChI is InChI=1S/C39H69NO5SSi2/c1-26-19-18-20-27(2)35(45-48(16,17)38(9,10)11)29(4)36(42)39(12,13)33(44-47(14,15)37(6,7)8)24-34(41)43-32(22-21-26)28(3)23-31-25-46-30(5)40-31/h21,23,25,27,29,32-33,35H,18-20,22,24H2,1-17H3/b26-21-,28-23+/t27?,29-,32+,33+,35+/m1/s1. The highest BCUT2D eigenvalue weighted by molar-refractivity contribution is 7.09. The largest absolute Gasteiger partial charge is 0.457 e. The van der Waals surface area contributed by atoms with Crippen LogP contribution in [0.15, 0.2) is 22.6 Å². The molecule has 48 heavy (non-hydrogen) atoms. The van der Waals surface area contributed by atoms with Crippen molar-refractivity contribution in [3.63, 3.8) is 0 Å². The average molecular weight is 720 g/mol. The van der Waals surface area contributed by atoms with Crippen LogP contribution in [-0.2, 0) is 23.2 Å². The number of allylic oxidation sites excluding steroid dienone is 1. The van der Waals surface area contributed by atoms with Crippen molar-refractivity contribution in [3.05, 3.63) is 33.3 Å². The molecule has 0 saturated heterocycles. The van der Waals surface area contributed by atoms with E-state index in [0.717, 1.165) is 35.5 Å². The molecule has 274 valence electrons. The predicted octanol–water partition coefficient (Wildman–Crippen LogP) is 11.3. The smallest absolute Gasteiger partial charge is 0.309 e. The monoisotopic (exact) mass is 719 g/mol. The second kappa shape index (κ2) is 16.3. The Morgan fingerprint density at radius 3 is 2.08 bits per heavy atom. The van der Waals surface area contributed by atoms with Crippen molar-refractivity contribution >= 4 is 45.8 Å². The van der Waals surface area contributed by atoms with E-state index in [1.165, 1.54) is 5.57 Å². The quantitative estimate of drug-likeness (QED) is 0.165. The lowest BCUT2D eigenvalue weighted by atomic mass is 9.73. The van der Waals surface area contributed by atoms with Crippen molar-refractivity contribution in [2.24, 2.45) is 17.3 Å². The maximum atomic E-state index is 14.8. The fraction of sp³-hybridized carbons (Fsp3) is 0.769. The van der Waals surface area contributed by atoms with Gasteiger partial charge in [0.25, 0.3) is 0 Å². The Balaban J connectivity index is 2.66. The molecule has 0 amide bonds. The van der Waals surface area contributed by atoms with Gasteiger partial charge in [-0.15, -0.1) is 11.3 Å². The minimum absolute atomic E-state index is 0.00354. The van der Waals surface area contributed by atoms with E-state index in [-0.39, 0.29) is 46.2 Å². The van der Waals surface area contributed by atoms with Crippen LogP contribution in [0.4, 0.5) is 0 Å². The molecule has 9 heteroatoms. The van der Waals surface area contributed by atoms with E-state index >= 15 is 0 Å². The summed E-state index contributed by atoms with van der Waals surface area (Å²) in [4.78, 5) is 33.4. The molecule has 0 aliphatic carbocycles. The Hall–Kier alpha value is -1.40. The number of aryl methyl sites for hydroxylation is 1. The van der Waals surface area contributed by atoms with Crippen LogP contribution in [-0.4, -0.2) is 51.7 Å². The van der Waals surface area contributed by atoms with Crippen molar-refractivity contribution in [2.75, 3.05) is 0 Å². The molecule has 0 aromatic carbocycles. The number of carbonyl (C=O) groups excluding carboxylic acids is 2. The zero-order chi connectivity index (χ0) is 37.0. The number of nitrogens with zero attached hydrogens (tertiary/aromatic N) is 1. The molecule has 5 atom stereocenters. The fourth-order valence-corrected chi connectivity index (χ4v) is 9.32. The second-order valence-electron chi connectivity index (χ2n) is 18.1. The molecular weight excluding hydrogens is 651 g/mol. The molecule has 0 spiro atoms. The number of esters is 1. The van der Waals surface area contributed by atoms with Crippen LogP contribution < -0.4 is 0 Å². The zero-order valence-corrected chi connectivity index (χ0v) is 36.4. The number of carbonyl (C=O) groups is 2. The summed E-state index contributed by atoms with van der Waals surface area (Å²) in [5.41, 5.74) is 2.15. The molecule has 1 aliphatic heterocycles. The number of rotatable bonds is 6. The van der Waals surface area contributed by atoms with Crippen molar-refractivity contribution in [3.8, 4) is 0 Å². The van der Waals surface area contributed by atoms with E-state index in [0.29, 0.717) is 6.42 Å². The van der Waals surface area contributed by atoms with E-state index in [1.54, 1.807) is 11.3 Å². The molecule has 1 aromatic rings. The summed E-state index contributed by atoms with van der Waals surface area (Å²) in [6.45, 7) is 36.6. The van der Waals surface area contributed by atoms with Gasteiger partial charge in [0.15, 0.2) is 16.6 Å². The van der Waals surface area contributed by atoms with Gasteiger partial charge < -0.3 is 13.6 Å². The summed E-state index contributed by atoms with van der Waals surface area (Å²) in [6.07, 6.45) is 6.45. The molecule has 0 radical (unpaired) electrons. The first-order valence-electron chi connectivity index (χ1n) is 18.0. The number of aromatic nitrogens is 1. The van der Waals surface area contributed by atoms with Crippen molar-refractivity contribution in [1.29, 1.82) is 0 Å². The van der Waals surface area contributed by atoms with Crippen LogP contribution in [0.5, 0.6) is 0 Å². The summed E-state index contributed by atoms with van der Waals surface area (Å²) < 4.78 is 20.5. The van der Waals surface area contributed by atoms with Gasteiger partial charge in [-0.3, -0.25) is 9.59 Å². The first kappa shape index (κ1) is 42.8. The SMILES string of the molecule is C/C1=C/C[C@@H](/C(C)=C/c2csc(C)n2)OC(=O)C[C@H](O[Si](C)(C)C(C)(C)C)C(C)(C)C(=O)[C@H](C)[C@@H](O[Si](C)(C)C(C)(C)C)C(C)CCC1. The third-order valence-electron chi connectivity index (χ3n) is 11.4. The fourth-order valence-electron chi connectivity index (χ4n) is 5.83. The van der Waals surface area contributed by atoms with E-state index in [1.807, 2.05) is 46.1 Å². The van der Waals surface area contributed by atoms with Crippen LogP contribution in [0, 0.1) is 24.2 Å². The molecule has 2 rings (SSSR count). The number of Topliss-reactive ketones (excluding diaryl/α,β-unsaturated/α-hetero) is 1. The lowest BCUT2D eigenvalue weighted by Gasteiger charge is -2.46. The van der Waals surface area contributed by atoms with Crippen LogP contribution in [0.2, 0.25) is 36.3 Å². The van der Waals surface area contributed by atoms with Gasteiger partial charge in [0.1, 0.15) is 11.9 Å². The summed E-state index contributed by atoms with van der Waals surface area (Å²) in [5.74, 6) is -0.433. The molecule has 1 aliphatic rings. The van der Waals surface area contributed by atoms with Gasteiger partial charge in [0.05, 0.1) is 29.3 Å². The molecule has 0 fully saturated rings. The maximum Gasteiger partial charge on any atom is 0.309 e. The number of thiazole rings is 1. The van der Waals surface area contributed by atoms with E-state index < -0.39 is 34.3 Å². The summed E-state index contributed by atoms with van der Waals surface area (Å²) in [6, 6.07) is 0. The van der Waals surface area contributed by atoms with Gasteiger partial charge in [0.2, 0.25) is 0 Å². The Morgan fingerprint density at radius 2 is 1.56 bits per heavy atom. The molecule has 1 aromatic heterocycles. The van der Waals surface area contributed by atoms with Gasteiger partial charge in [0, 0.05) is 23.1 Å². The Labute approximate surface area is 300 Å². The number of hydrogen-bond acceptors (Lipinski definition) is 7. The summed E-state index contributed by atoms with van der Waals surface area (Å²) in [5, 5.41) is 2.94. The molecule has 0 bridgehead atoms. The van der Waals surface area contributed by atoms with E-state index in [9.17, 15) is 9.59 Å². The average Bonchev–Trinajstić information content (AvgIpc) is 3.34. The van der Waals surface area contributed by atoms with Gasteiger partial charge in [-0.2, -0.15) is 0 Å². The first-order valence-corrected chi connectivity index (χ1v) is 24.7. The highest BCUT2D eigenvalue weighted by Crippen LogP contribution is 2.44. The molecule has 0 N–H and O–H groups in total. The van der Waals surface area contributed by atoms with Crippen LogP contribution >= 0.6 is 11.3 Å². The van der Waals surface area contributed by atoms with E-state index in [4.69, 9.17) is 13.6 Å². The highest BCUT2D eigenvalue weighted by Gasteiger charge is 2.50. The zero-order valence-electron chi connectivity index (χ0n) is 33.6. The van der Waals surface area contributed by atoms with Crippen molar-refractivity contribution in [1.82, 2.24) is 4.98 Å². The van der Waals surface area contributed by atoms with Crippen LogP contribution in [0.1, 0.15) is 126 Å². The third kappa shape index (κ3) is 11.3. The number of ether oxygens (including phenoxy) is 1. The molecule has 2 heterocycles. The lowest BCUT2D eigenvalue weighted by molar-refractivity contribution is -0.153. The topological polar surface area (TPSA) is 74.7 Å². The van der Waals surface area contributed by atoms with E-state index in [2.05, 4.69) is 92.6 Å². The number of ketones is 1. The van der Waals surface area contributed by atoms with Crippen LogP contribution in [0.25, 0.3) is 6.08 Å². The molecule has 1 unspecified atom stereocenters. The van der Waals surface area contributed by atoms with Gasteiger partial charge in [-0.25, -0.2) is 4.98 Å². The normalized spacial score (nSPS) is 27.7. The maximum absolute atomic E-state index is 14.8. The lowest BCUT2D eigenvalue weighted by Crippen LogP contribution is -2.54. The van der Waals surface area contributed by atoms with Gasteiger partial charge >= 0.3 is 5.97 Å². The Bertz CT molecular complexity index is 1310. The minimum atomic E-state index is -2.39. The molecular formula is C39H69NO5SSi2. The molecule has 0 saturated carbocycles.